The first-order valence-electron chi connectivity index (χ1n) is 7.77. The largest absolute Gasteiger partial charge is 0.497 e. The first-order valence-corrected chi connectivity index (χ1v) is 7.77. The van der Waals surface area contributed by atoms with Crippen LogP contribution in [0.4, 0.5) is 13.2 Å². The number of hydrogen-bond acceptors (Lipinski definition) is 4. The monoisotopic (exact) mass is 369 g/mol. The van der Waals surface area contributed by atoms with Crippen LogP contribution >= 0.6 is 0 Å². The van der Waals surface area contributed by atoms with Crippen LogP contribution in [0.1, 0.15) is 18.4 Å². The highest BCUT2D eigenvalue weighted by Gasteiger charge is 2.28. The molecule has 0 bridgehead atoms. The number of benzene rings is 2. The van der Waals surface area contributed by atoms with Crippen LogP contribution in [-0.4, -0.2) is 38.3 Å². The van der Waals surface area contributed by atoms with Gasteiger partial charge in [0.2, 0.25) is 0 Å². The van der Waals surface area contributed by atoms with Gasteiger partial charge in [-0.3, -0.25) is 9.59 Å². The molecule has 0 radical (unpaired) electrons. The van der Waals surface area contributed by atoms with E-state index in [0.29, 0.717) is 11.3 Å². The van der Waals surface area contributed by atoms with Gasteiger partial charge in [0, 0.05) is 0 Å². The Hall–Kier alpha value is -2.77. The average Bonchev–Trinajstić information content (AvgIpc) is 2.62. The first kappa shape index (κ1) is 19.6. The van der Waals surface area contributed by atoms with Crippen molar-refractivity contribution in [3.05, 3.63) is 42.0 Å². The maximum atomic E-state index is 12.0. The molecule has 1 amide bonds. The summed E-state index contributed by atoms with van der Waals surface area (Å²) in [5.41, 5.74) is 0.670. The lowest BCUT2D eigenvalue weighted by Gasteiger charge is -2.13. The van der Waals surface area contributed by atoms with Gasteiger partial charge >= 0.3 is 12.1 Å². The summed E-state index contributed by atoms with van der Waals surface area (Å²) >= 11 is 0. The summed E-state index contributed by atoms with van der Waals surface area (Å²) in [7, 11) is 1.57. The maximum Gasteiger partial charge on any atom is 0.405 e. The Bertz CT molecular complexity index is 805. The molecule has 0 aliphatic carbocycles. The minimum Gasteiger partial charge on any atom is -0.497 e. The molecule has 26 heavy (non-hydrogen) atoms. The summed E-state index contributed by atoms with van der Waals surface area (Å²) in [6.45, 7) is -0.627. The molecule has 1 N–H and O–H groups in total. The quantitative estimate of drug-likeness (QED) is 0.795. The van der Waals surface area contributed by atoms with Crippen LogP contribution in [0.15, 0.2) is 36.4 Å². The fourth-order valence-corrected chi connectivity index (χ4v) is 2.29. The number of halogens is 3. The Morgan fingerprint density at radius 2 is 1.77 bits per heavy atom. The van der Waals surface area contributed by atoms with Crippen molar-refractivity contribution in [3.63, 3.8) is 0 Å². The van der Waals surface area contributed by atoms with Crippen molar-refractivity contribution in [3.8, 4) is 5.75 Å². The topological polar surface area (TPSA) is 64.6 Å². The van der Waals surface area contributed by atoms with Crippen LogP contribution in [0, 0.1) is 0 Å². The standard InChI is InChI=1S/C18H18F3NO4/c1-11(17(24)26-9-16(23)22-10-18(19,20)21)12-3-4-14-8-15(25-2)6-5-13(14)7-12/h3-8,11H,9-10H2,1-2H3,(H,22,23)/t11-/m0/s1. The number of methoxy groups -OCH3 is 1. The molecule has 0 fully saturated rings. The number of fused-ring (bicyclic) bond motifs is 1. The van der Waals surface area contributed by atoms with Crippen LogP contribution in [0.2, 0.25) is 0 Å². The van der Waals surface area contributed by atoms with Gasteiger partial charge in [-0.15, -0.1) is 0 Å². The van der Waals surface area contributed by atoms with Gasteiger partial charge in [0.25, 0.3) is 5.91 Å². The van der Waals surface area contributed by atoms with E-state index < -0.39 is 37.1 Å². The molecule has 8 heteroatoms. The number of nitrogens with one attached hydrogen (secondary N) is 1. The summed E-state index contributed by atoms with van der Waals surface area (Å²) in [6, 6.07) is 10.9. The number of carbonyl (C=O) groups is 2. The van der Waals surface area contributed by atoms with Gasteiger partial charge in [-0.1, -0.05) is 24.3 Å². The molecule has 2 aromatic rings. The van der Waals surface area contributed by atoms with Crippen LogP contribution in [0.5, 0.6) is 5.75 Å². The molecule has 2 aromatic carbocycles. The number of alkyl halides is 3. The number of esters is 1. The van der Waals surface area contributed by atoms with Crippen LogP contribution in [-0.2, 0) is 14.3 Å². The third-order valence-electron chi connectivity index (χ3n) is 3.76. The molecule has 0 heterocycles. The van der Waals surface area contributed by atoms with Gasteiger partial charge in [0.1, 0.15) is 12.3 Å². The Labute approximate surface area is 148 Å². The molecule has 0 aromatic heterocycles. The molecule has 5 nitrogen and oxygen atoms in total. The van der Waals surface area contributed by atoms with Crippen LogP contribution in [0.3, 0.4) is 0 Å². The van der Waals surface area contributed by atoms with E-state index in [2.05, 4.69) is 0 Å². The van der Waals surface area contributed by atoms with E-state index in [9.17, 15) is 22.8 Å². The van der Waals surface area contributed by atoms with E-state index >= 15 is 0 Å². The van der Waals surface area contributed by atoms with Gasteiger partial charge in [-0.25, -0.2) is 0 Å². The summed E-state index contributed by atoms with van der Waals surface area (Å²) in [5.74, 6) is -1.66. The normalized spacial score (nSPS) is 12.5. The predicted octanol–water partition coefficient (Wildman–Crippen LogP) is 3.17. The highest BCUT2D eigenvalue weighted by Crippen LogP contribution is 2.25. The Balaban J connectivity index is 1.97. The highest BCUT2D eigenvalue weighted by molar-refractivity contribution is 5.87. The SMILES string of the molecule is COc1ccc2cc([C@H](C)C(=O)OCC(=O)NCC(F)(F)F)ccc2c1. The van der Waals surface area contributed by atoms with Gasteiger partial charge in [-0.2, -0.15) is 13.2 Å². The molecular weight excluding hydrogens is 351 g/mol. The molecule has 1 atom stereocenters. The van der Waals surface area contributed by atoms with E-state index in [-0.39, 0.29) is 0 Å². The summed E-state index contributed by atoms with van der Waals surface area (Å²) in [5, 5.41) is 3.46. The molecule has 2 rings (SSSR count). The summed E-state index contributed by atoms with van der Waals surface area (Å²) in [4.78, 5) is 23.3. The molecule has 0 unspecified atom stereocenters. The van der Waals surface area contributed by atoms with Crippen molar-refractivity contribution >= 4 is 22.6 Å². The van der Waals surface area contributed by atoms with Gasteiger partial charge in [0.05, 0.1) is 13.0 Å². The molecule has 0 aliphatic heterocycles. The zero-order chi connectivity index (χ0) is 19.3. The lowest BCUT2D eigenvalue weighted by molar-refractivity contribution is -0.152. The Morgan fingerprint density at radius 3 is 2.42 bits per heavy atom. The first-order chi connectivity index (χ1) is 12.2. The number of hydrogen-bond donors (Lipinski definition) is 1. The van der Waals surface area contributed by atoms with Gasteiger partial charge in [0.15, 0.2) is 6.61 Å². The van der Waals surface area contributed by atoms with Crippen LogP contribution in [0.25, 0.3) is 10.8 Å². The van der Waals surface area contributed by atoms with E-state index in [4.69, 9.17) is 9.47 Å². The zero-order valence-corrected chi connectivity index (χ0v) is 14.2. The number of carbonyl (C=O) groups excluding carboxylic acids is 2. The third kappa shape index (κ3) is 5.37. The smallest absolute Gasteiger partial charge is 0.405 e. The second-order valence-electron chi connectivity index (χ2n) is 5.69. The van der Waals surface area contributed by atoms with Crippen molar-refractivity contribution in [1.29, 1.82) is 0 Å². The zero-order valence-electron chi connectivity index (χ0n) is 14.2. The minimum absolute atomic E-state index is 0.670. The molecule has 0 spiro atoms. The average molecular weight is 369 g/mol. The highest BCUT2D eigenvalue weighted by atomic mass is 19.4. The molecule has 0 saturated carbocycles. The molecule has 0 saturated heterocycles. The van der Waals surface area contributed by atoms with Gasteiger partial charge in [-0.05, 0) is 35.4 Å². The van der Waals surface area contributed by atoms with E-state index in [0.717, 1.165) is 10.8 Å². The van der Waals surface area contributed by atoms with Gasteiger partial charge < -0.3 is 14.8 Å². The lowest BCUT2D eigenvalue weighted by atomic mass is 9.98. The maximum absolute atomic E-state index is 12.0. The van der Waals surface area contributed by atoms with E-state index in [1.54, 1.807) is 31.5 Å². The number of ether oxygens (including phenoxy) is 2. The minimum atomic E-state index is -4.51. The van der Waals surface area contributed by atoms with Crippen molar-refractivity contribution in [2.75, 3.05) is 20.3 Å². The second kappa shape index (κ2) is 8.07. The number of amides is 1. The van der Waals surface area contributed by atoms with E-state index in [1.807, 2.05) is 24.3 Å². The summed E-state index contributed by atoms with van der Waals surface area (Å²) < 4.78 is 46.0. The number of rotatable bonds is 6. The molecule has 0 aliphatic rings. The lowest BCUT2D eigenvalue weighted by Crippen LogP contribution is -2.36. The predicted molar refractivity (Wildman–Crippen MR) is 88.9 cm³/mol. The van der Waals surface area contributed by atoms with Crippen molar-refractivity contribution in [2.45, 2.75) is 19.0 Å². The molecule has 140 valence electrons. The second-order valence-corrected chi connectivity index (χ2v) is 5.69. The Morgan fingerprint density at radius 1 is 1.12 bits per heavy atom. The third-order valence-corrected chi connectivity index (χ3v) is 3.76. The van der Waals surface area contributed by atoms with Crippen molar-refractivity contribution < 1.29 is 32.2 Å². The summed E-state index contributed by atoms with van der Waals surface area (Å²) in [6.07, 6.45) is -4.51. The van der Waals surface area contributed by atoms with Crippen LogP contribution < -0.4 is 10.1 Å². The van der Waals surface area contributed by atoms with E-state index in [1.165, 1.54) is 0 Å². The molecular formula is C18H18F3NO4. The Kier molecular flexibility index (Phi) is 6.07. The van der Waals surface area contributed by atoms with Crippen molar-refractivity contribution in [1.82, 2.24) is 5.32 Å². The van der Waals surface area contributed by atoms with Crippen molar-refractivity contribution in [2.24, 2.45) is 0 Å². The fourth-order valence-electron chi connectivity index (χ4n) is 2.29. The fraction of sp³-hybridized carbons (Fsp3) is 0.333.